The van der Waals surface area contributed by atoms with Crippen molar-refractivity contribution in [2.45, 2.75) is 57.8 Å². The predicted octanol–water partition coefficient (Wildman–Crippen LogP) is 3.59. The van der Waals surface area contributed by atoms with Gasteiger partial charge in [-0.3, -0.25) is 0 Å². The molecule has 0 radical (unpaired) electrons. The molecule has 1 aromatic carbocycles. The summed E-state index contributed by atoms with van der Waals surface area (Å²) in [5, 5.41) is 10.6. The second-order valence-corrected chi connectivity index (χ2v) is 6.04. The fourth-order valence-corrected chi connectivity index (χ4v) is 3.45. The van der Waals surface area contributed by atoms with Crippen molar-refractivity contribution in [3.05, 3.63) is 28.8 Å². The van der Waals surface area contributed by atoms with Gasteiger partial charge in [0.25, 0.3) is 0 Å². The maximum Gasteiger partial charge on any atom is 0.123 e. The fraction of sp³-hybridized carbons (Fsp3) is 0.625. The summed E-state index contributed by atoms with van der Waals surface area (Å²) in [5.41, 5.74) is 9.42. The first-order chi connectivity index (χ1) is 8.52. The van der Waals surface area contributed by atoms with Gasteiger partial charge in [0.15, 0.2) is 0 Å². The van der Waals surface area contributed by atoms with Gasteiger partial charge in [-0.25, -0.2) is 0 Å². The number of phenols is 1. The second kappa shape index (κ2) is 4.93. The lowest BCUT2D eigenvalue weighted by molar-refractivity contribution is 0.398. The van der Waals surface area contributed by atoms with Gasteiger partial charge in [0, 0.05) is 17.5 Å². The molecule has 1 fully saturated rings. The minimum absolute atomic E-state index is 0.0130. The topological polar surface area (TPSA) is 46.2 Å². The molecule has 1 aliphatic rings. The molecule has 0 aromatic heterocycles. The summed E-state index contributed by atoms with van der Waals surface area (Å²) < 4.78 is 0. The van der Waals surface area contributed by atoms with Crippen LogP contribution in [0.25, 0.3) is 0 Å². The minimum Gasteiger partial charge on any atom is -0.507 e. The van der Waals surface area contributed by atoms with E-state index in [0.29, 0.717) is 18.2 Å². The van der Waals surface area contributed by atoms with E-state index in [2.05, 4.69) is 32.9 Å². The zero-order valence-electron chi connectivity index (χ0n) is 11.8. The third-order valence-corrected chi connectivity index (χ3v) is 4.52. The van der Waals surface area contributed by atoms with Gasteiger partial charge in [-0.1, -0.05) is 38.8 Å². The van der Waals surface area contributed by atoms with Gasteiger partial charge >= 0.3 is 0 Å². The molecule has 0 aliphatic heterocycles. The fourth-order valence-electron chi connectivity index (χ4n) is 3.45. The molecule has 0 atom stereocenters. The van der Waals surface area contributed by atoms with Gasteiger partial charge in [0.1, 0.15) is 5.75 Å². The highest BCUT2D eigenvalue weighted by Gasteiger charge is 2.38. The Kier molecular flexibility index (Phi) is 3.67. The number of hydrogen-bond donors (Lipinski definition) is 2. The Hall–Kier alpha value is -1.02. The van der Waals surface area contributed by atoms with Crippen molar-refractivity contribution in [3.63, 3.8) is 0 Å². The van der Waals surface area contributed by atoms with Crippen LogP contribution in [0.1, 0.15) is 62.1 Å². The molecule has 0 amide bonds. The van der Waals surface area contributed by atoms with Gasteiger partial charge < -0.3 is 10.8 Å². The Morgan fingerprint density at radius 1 is 1.28 bits per heavy atom. The largest absolute Gasteiger partial charge is 0.507 e. The van der Waals surface area contributed by atoms with E-state index in [0.717, 1.165) is 24.0 Å². The number of phenolic OH excluding ortho intramolecular Hbond substituents is 1. The Morgan fingerprint density at radius 2 is 1.89 bits per heavy atom. The maximum atomic E-state index is 10.6. The summed E-state index contributed by atoms with van der Waals surface area (Å²) in [6.45, 7) is 6.98. The average molecular weight is 247 g/mol. The summed E-state index contributed by atoms with van der Waals surface area (Å²) in [6.07, 6.45) is 4.67. The van der Waals surface area contributed by atoms with Crippen LogP contribution < -0.4 is 5.73 Å². The summed E-state index contributed by atoms with van der Waals surface area (Å²) in [7, 11) is 0. The van der Waals surface area contributed by atoms with Crippen LogP contribution in [0.4, 0.5) is 0 Å². The summed E-state index contributed by atoms with van der Waals surface area (Å²) in [4.78, 5) is 0. The second-order valence-electron chi connectivity index (χ2n) is 6.04. The molecule has 2 nitrogen and oxygen atoms in total. The molecule has 100 valence electrons. The third-order valence-electron chi connectivity index (χ3n) is 4.52. The van der Waals surface area contributed by atoms with Crippen LogP contribution in [0.2, 0.25) is 0 Å². The lowest BCUT2D eigenvalue weighted by atomic mass is 9.75. The molecular weight excluding hydrogens is 222 g/mol. The number of rotatable bonds is 3. The van der Waals surface area contributed by atoms with Crippen LogP contribution in [0.3, 0.4) is 0 Å². The van der Waals surface area contributed by atoms with Crippen LogP contribution in [0.15, 0.2) is 12.1 Å². The van der Waals surface area contributed by atoms with Gasteiger partial charge in [0.2, 0.25) is 0 Å². The molecule has 1 aromatic rings. The highest BCUT2D eigenvalue weighted by Crippen LogP contribution is 2.47. The van der Waals surface area contributed by atoms with Crippen molar-refractivity contribution in [2.75, 3.05) is 6.54 Å². The van der Waals surface area contributed by atoms with E-state index in [1.54, 1.807) is 0 Å². The van der Waals surface area contributed by atoms with Crippen molar-refractivity contribution in [1.82, 2.24) is 0 Å². The zero-order chi connectivity index (χ0) is 13.3. The van der Waals surface area contributed by atoms with E-state index in [9.17, 15) is 5.11 Å². The quantitative estimate of drug-likeness (QED) is 0.857. The summed E-state index contributed by atoms with van der Waals surface area (Å²) in [6, 6.07) is 4.19. The molecular formula is C16H25NO. The van der Waals surface area contributed by atoms with Crippen LogP contribution in [-0.2, 0) is 5.41 Å². The van der Waals surface area contributed by atoms with Crippen LogP contribution in [0.5, 0.6) is 5.75 Å². The van der Waals surface area contributed by atoms with Crippen LogP contribution in [-0.4, -0.2) is 11.7 Å². The van der Waals surface area contributed by atoms with Crippen molar-refractivity contribution in [3.8, 4) is 5.75 Å². The minimum atomic E-state index is 0.0130. The predicted molar refractivity (Wildman–Crippen MR) is 76.1 cm³/mol. The third kappa shape index (κ3) is 2.03. The van der Waals surface area contributed by atoms with Gasteiger partial charge in [-0.05, 0) is 36.8 Å². The average Bonchev–Trinajstić information content (AvgIpc) is 2.78. The Balaban J connectivity index is 2.58. The lowest BCUT2D eigenvalue weighted by Gasteiger charge is -2.31. The van der Waals surface area contributed by atoms with Crippen molar-refractivity contribution >= 4 is 0 Å². The van der Waals surface area contributed by atoms with E-state index in [1.807, 2.05) is 0 Å². The monoisotopic (exact) mass is 247 g/mol. The highest BCUT2D eigenvalue weighted by atomic mass is 16.3. The van der Waals surface area contributed by atoms with Crippen molar-refractivity contribution in [2.24, 2.45) is 5.73 Å². The number of hydrogen-bond acceptors (Lipinski definition) is 2. The lowest BCUT2D eigenvalue weighted by Crippen LogP contribution is -2.33. The SMILES string of the molecule is Cc1ccc(C(C)C)c(O)c1C1(CN)CCCC1. The molecule has 2 heteroatoms. The molecule has 0 unspecified atom stereocenters. The summed E-state index contributed by atoms with van der Waals surface area (Å²) >= 11 is 0. The molecule has 2 rings (SSSR count). The van der Waals surface area contributed by atoms with E-state index in [1.165, 1.54) is 18.4 Å². The first kappa shape index (κ1) is 13.4. The standard InChI is InChI=1S/C16H25NO/c1-11(2)13-7-6-12(3)14(15(13)18)16(10-17)8-4-5-9-16/h6-7,11,18H,4-5,8-10,17H2,1-3H3. The van der Waals surface area contributed by atoms with E-state index in [-0.39, 0.29) is 5.41 Å². The normalized spacial score (nSPS) is 18.5. The van der Waals surface area contributed by atoms with Crippen LogP contribution in [0, 0.1) is 6.92 Å². The van der Waals surface area contributed by atoms with Crippen molar-refractivity contribution < 1.29 is 5.11 Å². The van der Waals surface area contributed by atoms with E-state index >= 15 is 0 Å². The molecule has 3 N–H and O–H groups in total. The molecule has 1 aliphatic carbocycles. The Bertz CT molecular complexity index is 431. The highest BCUT2D eigenvalue weighted by molar-refractivity contribution is 5.51. The number of benzene rings is 1. The smallest absolute Gasteiger partial charge is 0.123 e. The maximum absolute atomic E-state index is 10.6. The molecule has 0 saturated heterocycles. The zero-order valence-corrected chi connectivity index (χ0v) is 11.8. The first-order valence-electron chi connectivity index (χ1n) is 7.05. The van der Waals surface area contributed by atoms with E-state index in [4.69, 9.17) is 5.73 Å². The molecule has 0 spiro atoms. The first-order valence-corrected chi connectivity index (χ1v) is 7.05. The molecule has 0 bridgehead atoms. The molecule has 1 saturated carbocycles. The number of nitrogens with two attached hydrogens (primary N) is 1. The van der Waals surface area contributed by atoms with Crippen LogP contribution >= 0.6 is 0 Å². The van der Waals surface area contributed by atoms with Gasteiger partial charge in [-0.15, -0.1) is 0 Å². The van der Waals surface area contributed by atoms with Crippen molar-refractivity contribution in [1.29, 1.82) is 0 Å². The Morgan fingerprint density at radius 3 is 2.39 bits per heavy atom. The number of aromatic hydroxyl groups is 1. The van der Waals surface area contributed by atoms with Gasteiger partial charge in [0.05, 0.1) is 0 Å². The van der Waals surface area contributed by atoms with E-state index < -0.39 is 0 Å². The Labute approximate surface area is 110 Å². The molecule has 18 heavy (non-hydrogen) atoms. The summed E-state index contributed by atoms with van der Waals surface area (Å²) in [5.74, 6) is 0.845. The van der Waals surface area contributed by atoms with Gasteiger partial charge in [-0.2, -0.15) is 0 Å². The molecule has 0 heterocycles. The number of aryl methyl sites for hydroxylation is 1.